The molecule has 3 aromatic carbocycles. The van der Waals surface area contributed by atoms with Crippen LogP contribution >= 0.6 is 0 Å². The molecule has 9 heteroatoms. The van der Waals surface area contributed by atoms with Crippen LogP contribution in [-0.2, 0) is 17.6 Å². The van der Waals surface area contributed by atoms with E-state index in [1.54, 1.807) is 30.3 Å². The van der Waals surface area contributed by atoms with Crippen molar-refractivity contribution in [3.05, 3.63) is 108 Å². The van der Waals surface area contributed by atoms with Gasteiger partial charge in [-0.05, 0) is 41.8 Å². The van der Waals surface area contributed by atoms with Gasteiger partial charge in [0, 0.05) is 11.1 Å². The lowest BCUT2D eigenvalue weighted by Gasteiger charge is -2.18. The monoisotopic (exact) mass is 528 g/mol. The highest BCUT2D eigenvalue weighted by atomic mass is 19.4. The molecule has 3 rings (SSSR count). The van der Waals surface area contributed by atoms with Gasteiger partial charge in [-0.1, -0.05) is 49.1 Å². The molecule has 0 saturated heterocycles. The van der Waals surface area contributed by atoms with Crippen LogP contribution in [-0.4, -0.2) is 24.0 Å². The number of aliphatic carboxylic acids is 1. The van der Waals surface area contributed by atoms with E-state index in [0.29, 0.717) is 16.9 Å². The van der Waals surface area contributed by atoms with Crippen molar-refractivity contribution in [1.82, 2.24) is 0 Å². The Labute approximate surface area is 216 Å². The topological polar surface area (TPSA) is 72.8 Å². The lowest BCUT2D eigenvalue weighted by molar-refractivity contribution is -0.139. The average Bonchev–Trinajstić information content (AvgIpc) is 2.88. The van der Waals surface area contributed by atoms with E-state index in [0.717, 1.165) is 12.1 Å². The van der Waals surface area contributed by atoms with Gasteiger partial charge in [0.2, 0.25) is 0 Å². The second-order valence-electron chi connectivity index (χ2n) is 8.19. The Hall–Kier alpha value is -4.40. The maximum Gasteiger partial charge on any atom is 0.419 e. The van der Waals surface area contributed by atoms with Crippen molar-refractivity contribution in [1.29, 1.82) is 0 Å². The fraction of sp³-hybridized carbons (Fsp3) is 0.172. The summed E-state index contributed by atoms with van der Waals surface area (Å²) in [5.41, 5.74) is 0.0375. The van der Waals surface area contributed by atoms with Gasteiger partial charge in [-0.25, -0.2) is 4.39 Å². The van der Waals surface area contributed by atoms with Crippen molar-refractivity contribution < 1.29 is 41.7 Å². The number of rotatable bonds is 12. The molecular weight excluding hydrogens is 504 g/mol. The molecule has 198 valence electrons. The van der Waals surface area contributed by atoms with Crippen LogP contribution in [0.3, 0.4) is 0 Å². The SMILES string of the molecule is C=CCOc1c(C(F)(F)F)ccc(COc2ccc(-c3ccc(C(CC=C)C(=O)O)c(F)c3)cc2)c1C=O. The number of aldehydes is 1. The largest absolute Gasteiger partial charge is 0.489 e. The number of alkyl halides is 3. The summed E-state index contributed by atoms with van der Waals surface area (Å²) in [5.74, 6) is -3.08. The van der Waals surface area contributed by atoms with E-state index in [9.17, 15) is 32.3 Å². The minimum atomic E-state index is -4.72. The van der Waals surface area contributed by atoms with Crippen LogP contribution < -0.4 is 9.47 Å². The number of benzene rings is 3. The first-order valence-electron chi connectivity index (χ1n) is 11.4. The van der Waals surface area contributed by atoms with Gasteiger partial charge in [0.15, 0.2) is 6.29 Å². The lowest BCUT2D eigenvalue weighted by Crippen LogP contribution is -2.13. The van der Waals surface area contributed by atoms with Gasteiger partial charge in [0.1, 0.15) is 30.5 Å². The summed E-state index contributed by atoms with van der Waals surface area (Å²) in [6, 6.07) is 12.7. The molecule has 0 aliphatic carbocycles. The number of carboxylic acids is 1. The number of carbonyl (C=O) groups is 2. The Morgan fingerprint density at radius 2 is 1.66 bits per heavy atom. The summed E-state index contributed by atoms with van der Waals surface area (Å²) in [5, 5.41) is 9.36. The second kappa shape index (κ2) is 12.2. The van der Waals surface area contributed by atoms with Crippen molar-refractivity contribution in [2.24, 2.45) is 0 Å². The van der Waals surface area contributed by atoms with Crippen molar-refractivity contribution in [3.8, 4) is 22.6 Å². The number of carbonyl (C=O) groups excluding carboxylic acids is 1. The summed E-state index contributed by atoms with van der Waals surface area (Å²) in [6.45, 7) is 6.50. The predicted octanol–water partition coefficient (Wildman–Crippen LogP) is 7.21. The van der Waals surface area contributed by atoms with Crippen LogP contribution in [0.5, 0.6) is 11.5 Å². The molecule has 5 nitrogen and oxygen atoms in total. The van der Waals surface area contributed by atoms with Gasteiger partial charge >= 0.3 is 12.1 Å². The minimum absolute atomic E-state index is 0.0556. The smallest absolute Gasteiger partial charge is 0.419 e. The predicted molar refractivity (Wildman–Crippen MR) is 134 cm³/mol. The maximum absolute atomic E-state index is 14.7. The van der Waals surface area contributed by atoms with Crippen molar-refractivity contribution in [3.63, 3.8) is 0 Å². The molecule has 3 aromatic rings. The van der Waals surface area contributed by atoms with E-state index < -0.39 is 35.2 Å². The van der Waals surface area contributed by atoms with E-state index in [1.165, 1.54) is 24.3 Å². The van der Waals surface area contributed by atoms with Crippen LogP contribution in [0.15, 0.2) is 79.9 Å². The number of carboxylic acid groups (broad SMARTS) is 1. The third-order valence-corrected chi connectivity index (χ3v) is 5.71. The Balaban J connectivity index is 1.80. The highest BCUT2D eigenvalue weighted by molar-refractivity contribution is 5.83. The molecule has 0 bridgehead atoms. The molecule has 1 N–H and O–H groups in total. The second-order valence-corrected chi connectivity index (χ2v) is 8.19. The van der Waals surface area contributed by atoms with Crippen molar-refractivity contribution in [2.75, 3.05) is 6.61 Å². The first-order chi connectivity index (χ1) is 18.1. The zero-order chi connectivity index (χ0) is 27.9. The molecule has 0 fully saturated rings. The van der Waals surface area contributed by atoms with Crippen LogP contribution in [0.1, 0.15) is 39.4 Å². The Bertz CT molecular complexity index is 1330. The molecular formula is C29H24F4O5. The van der Waals surface area contributed by atoms with Crippen LogP contribution in [0, 0.1) is 5.82 Å². The molecule has 1 unspecified atom stereocenters. The van der Waals surface area contributed by atoms with Gasteiger partial charge in [-0.15, -0.1) is 6.58 Å². The fourth-order valence-electron chi connectivity index (χ4n) is 3.84. The van der Waals surface area contributed by atoms with E-state index in [-0.39, 0.29) is 42.6 Å². The highest BCUT2D eigenvalue weighted by Crippen LogP contribution is 2.39. The number of allylic oxidation sites excluding steroid dienone is 1. The normalized spacial score (nSPS) is 11.9. The van der Waals surface area contributed by atoms with Crippen molar-refractivity contribution in [2.45, 2.75) is 25.1 Å². The Morgan fingerprint density at radius 3 is 2.21 bits per heavy atom. The van der Waals surface area contributed by atoms with E-state index in [2.05, 4.69) is 13.2 Å². The Kier molecular flexibility index (Phi) is 9.07. The summed E-state index contributed by atoms with van der Waals surface area (Å²) < 4.78 is 65.7. The first-order valence-corrected chi connectivity index (χ1v) is 11.4. The minimum Gasteiger partial charge on any atom is -0.489 e. The van der Waals surface area contributed by atoms with Gasteiger partial charge in [-0.2, -0.15) is 13.2 Å². The highest BCUT2D eigenvalue weighted by Gasteiger charge is 2.36. The van der Waals surface area contributed by atoms with Gasteiger partial charge in [0.05, 0.1) is 17.0 Å². The molecule has 0 saturated carbocycles. The molecule has 38 heavy (non-hydrogen) atoms. The number of hydrogen-bond acceptors (Lipinski definition) is 4. The number of halogens is 4. The van der Waals surface area contributed by atoms with E-state index in [1.807, 2.05) is 0 Å². The number of ether oxygens (including phenoxy) is 2. The van der Waals surface area contributed by atoms with Crippen LogP contribution in [0.2, 0.25) is 0 Å². The lowest BCUT2D eigenvalue weighted by atomic mass is 9.93. The summed E-state index contributed by atoms with van der Waals surface area (Å²) in [6.07, 6.45) is -1.66. The van der Waals surface area contributed by atoms with Gasteiger partial charge in [-0.3, -0.25) is 9.59 Å². The molecule has 0 aliphatic heterocycles. The molecule has 0 aromatic heterocycles. The summed E-state index contributed by atoms with van der Waals surface area (Å²) in [4.78, 5) is 23.1. The molecule has 0 amide bonds. The standard InChI is InChI=1S/C29H24F4O5/c1-3-5-23(28(35)36)22-12-8-19(15-26(22)30)18-6-10-21(11-7-18)38-17-20-9-13-25(29(31,32)33)27(24(20)16-34)37-14-4-2/h3-4,6-13,15-16,23H,1-2,5,14,17H2,(H,35,36). The summed E-state index contributed by atoms with van der Waals surface area (Å²) in [7, 11) is 0. The molecule has 0 spiro atoms. The quantitative estimate of drug-likeness (QED) is 0.153. The first kappa shape index (κ1) is 28.2. The molecule has 0 heterocycles. The van der Waals surface area contributed by atoms with Gasteiger partial charge < -0.3 is 14.6 Å². The average molecular weight is 528 g/mol. The fourth-order valence-corrected chi connectivity index (χ4v) is 3.84. The Morgan fingerprint density at radius 1 is 0.974 bits per heavy atom. The molecule has 0 radical (unpaired) electrons. The third-order valence-electron chi connectivity index (χ3n) is 5.71. The zero-order valence-corrected chi connectivity index (χ0v) is 20.1. The van der Waals surface area contributed by atoms with E-state index >= 15 is 0 Å². The van der Waals surface area contributed by atoms with Gasteiger partial charge in [0.25, 0.3) is 0 Å². The maximum atomic E-state index is 14.7. The van der Waals surface area contributed by atoms with Crippen LogP contribution in [0.4, 0.5) is 17.6 Å². The molecule has 1 atom stereocenters. The summed E-state index contributed by atoms with van der Waals surface area (Å²) >= 11 is 0. The zero-order valence-electron chi connectivity index (χ0n) is 20.1. The van der Waals surface area contributed by atoms with Crippen molar-refractivity contribution >= 4 is 12.3 Å². The number of hydrogen-bond donors (Lipinski definition) is 1. The third kappa shape index (κ3) is 6.47. The van der Waals surface area contributed by atoms with Crippen LogP contribution in [0.25, 0.3) is 11.1 Å². The molecule has 0 aliphatic rings. The van der Waals surface area contributed by atoms with E-state index in [4.69, 9.17) is 9.47 Å².